The van der Waals surface area contributed by atoms with Gasteiger partial charge in [0.25, 0.3) is 5.91 Å². The van der Waals surface area contributed by atoms with Crippen molar-refractivity contribution < 1.29 is 9.59 Å². The van der Waals surface area contributed by atoms with Gasteiger partial charge in [0, 0.05) is 31.2 Å². The van der Waals surface area contributed by atoms with Gasteiger partial charge in [-0.2, -0.15) is 0 Å². The van der Waals surface area contributed by atoms with Crippen LogP contribution in [0.15, 0.2) is 53.7 Å². The van der Waals surface area contributed by atoms with Crippen LogP contribution in [-0.2, 0) is 4.79 Å². The van der Waals surface area contributed by atoms with Crippen LogP contribution in [0.25, 0.3) is 0 Å². The molecule has 2 aromatic carbocycles. The Morgan fingerprint density at radius 3 is 2.36 bits per heavy atom. The summed E-state index contributed by atoms with van der Waals surface area (Å²) in [5.41, 5.74) is 5.84. The molecular weight excluding hydrogens is 352 g/mol. The van der Waals surface area contributed by atoms with Crippen LogP contribution in [0.3, 0.4) is 0 Å². The summed E-state index contributed by atoms with van der Waals surface area (Å²) in [6, 6.07) is 12.8. The van der Waals surface area contributed by atoms with E-state index in [9.17, 15) is 9.59 Å². The molecule has 146 valence electrons. The first-order valence-corrected chi connectivity index (χ1v) is 9.21. The number of hydrogen-bond acceptors (Lipinski definition) is 3. The molecule has 0 radical (unpaired) electrons. The quantitative estimate of drug-likeness (QED) is 0.761. The molecule has 0 saturated carbocycles. The molecule has 0 spiro atoms. The summed E-state index contributed by atoms with van der Waals surface area (Å²) in [5.74, 6) is -0.236. The number of nitrogens with one attached hydrogen (secondary N) is 3. The van der Waals surface area contributed by atoms with Crippen LogP contribution < -0.4 is 20.9 Å². The van der Waals surface area contributed by atoms with Crippen molar-refractivity contribution in [2.75, 3.05) is 24.3 Å². The van der Waals surface area contributed by atoms with Crippen LogP contribution in [0, 0.1) is 13.8 Å². The molecule has 1 heterocycles. The Balaban J connectivity index is 1.95. The molecule has 28 heavy (non-hydrogen) atoms. The zero-order chi connectivity index (χ0) is 20.4. The lowest BCUT2D eigenvalue weighted by atomic mass is 9.94. The van der Waals surface area contributed by atoms with Gasteiger partial charge in [0.2, 0.25) is 0 Å². The molecule has 0 bridgehead atoms. The van der Waals surface area contributed by atoms with Crippen molar-refractivity contribution in [1.82, 2.24) is 10.6 Å². The van der Waals surface area contributed by atoms with Gasteiger partial charge in [-0.1, -0.05) is 24.3 Å². The molecular formula is C22H26N4O2. The van der Waals surface area contributed by atoms with Gasteiger partial charge in [0.1, 0.15) is 0 Å². The third-order valence-corrected chi connectivity index (χ3v) is 5.11. The molecule has 0 aromatic heterocycles. The lowest BCUT2D eigenvalue weighted by Gasteiger charge is -2.29. The first-order valence-electron chi connectivity index (χ1n) is 9.21. The Labute approximate surface area is 165 Å². The van der Waals surface area contributed by atoms with E-state index in [4.69, 9.17) is 0 Å². The minimum Gasteiger partial charge on any atom is -0.378 e. The minimum absolute atomic E-state index is 0.236. The van der Waals surface area contributed by atoms with Crippen molar-refractivity contribution in [2.45, 2.75) is 26.8 Å². The molecule has 2 aromatic rings. The molecule has 0 fully saturated rings. The summed E-state index contributed by atoms with van der Waals surface area (Å²) in [7, 11) is 3.93. The van der Waals surface area contributed by atoms with Gasteiger partial charge >= 0.3 is 6.03 Å². The van der Waals surface area contributed by atoms with Crippen molar-refractivity contribution in [3.8, 4) is 0 Å². The molecule has 6 heteroatoms. The fraction of sp³-hybridized carbons (Fsp3) is 0.273. The fourth-order valence-corrected chi connectivity index (χ4v) is 3.29. The second-order valence-corrected chi connectivity index (χ2v) is 7.26. The SMILES string of the molecule is CC1=C(C(=O)Nc2cccc(C)c2C)C(c2ccc(N(C)C)cc2)NC(=O)N1. The maximum absolute atomic E-state index is 13.1. The van der Waals surface area contributed by atoms with Crippen LogP contribution in [0.2, 0.25) is 0 Å². The van der Waals surface area contributed by atoms with E-state index in [-0.39, 0.29) is 11.9 Å². The number of anilines is 2. The third kappa shape index (κ3) is 3.86. The van der Waals surface area contributed by atoms with Crippen LogP contribution in [0.5, 0.6) is 0 Å². The molecule has 1 aliphatic heterocycles. The van der Waals surface area contributed by atoms with Crippen LogP contribution >= 0.6 is 0 Å². The zero-order valence-corrected chi connectivity index (χ0v) is 16.9. The highest BCUT2D eigenvalue weighted by Crippen LogP contribution is 2.29. The van der Waals surface area contributed by atoms with Crippen LogP contribution in [0.4, 0.5) is 16.2 Å². The van der Waals surface area contributed by atoms with E-state index in [0.717, 1.165) is 28.1 Å². The fourth-order valence-electron chi connectivity index (χ4n) is 3.29. The van der Waals surface area contributed by atoms with Gasteiger partial charge in [-0.05, 0) is 55.7 Å². The van der Waals surface area contributed by atoms with E-state index < -0.39 is 6.04 Å². The van der Waals surface area contributed by atoms with E-state index in [1.165, 1.54) is 0 Å². The normalized spacial score (nSPS) is 16.3. The Morgan fingerprint density at radius 2 is 1.71 bits per heavy atom. The van der Waals surface area contributed by atoms with Crippen molar-refractivity contribution in [2.24, 2.45) is 0 Å². The summed E-state index contributed by atoms with van der Waals surface area (Å²) < 4.78 is 0. The number of benzene rings is 2. The van der Waals surface area contributed by atoms with Gasteiger partial charge in [0.15, 0.2) is 0 Å². The Morgan fingerprint density at radius 1 is 1.04 bits per heavy atom. The number of carbonyl (C=O) groups is 2. The van der Waals surface area contributed by atoms with E-state index in [1.54, 1.807) is 6.92 Å². The molecule has 1 unspecified atom stereocenters. The van der Waals surface area contributed by atoms with Crippen LogP contribution in [0.1, 0.15) is 29.7 Å². The number of rotatable bonds is 4. The van der Waals surface area contributed by atoms with Crippen molar-refractivity contribution in [1.29, 1.82) is 0 Å². The lowest BCUT2D eigenvalue weighted by molar-refractivity contribution is -0.113. The predicted octanol–water partition coefficient (Wildman–Crippen LogP) is 3.64. The minimum atomic E-state index is -0.518. The highest BCUT2D eigenvalue weighted by molar-refractivity contribution is 6.07. The molecule has 6 nitrogen and oxygen atoms in total. The maximum Gasteiger partial charge on any atom is 0.319 e. The summed E-state index contributed by atoms with van der Waals surface area (Å²) in [4.78, 5) is 27.2. The highest BCUT2D eigenvalue weighted by atomic mass is 16.2. The van der Waals surface area contributed by atoms with Crippen molar-refractivity contribution >= 4 is 23.3 Å². The number of carbonyl (C=O) groups excluding carboxylic acids is 2. The third-order valence-electron chi connectivity index (χ3n) is 5.11. The van der Waals surface area contributed by atoms with Gasteiger partial charge in [-0.25, -0.2) is 4.79 Å². The standard InChI is InChI=1S/C22H26N4O2/c1-13-7-6-8-18(14(13)2)24-21(27)19-15(3)23-22(28)25-20(19)16-9-11-17(12-10-16)26(4)5/h6-12,20H,1-5H3,(H,24,27)(H2,23,25,28). The lowest BCUT2D eigenvalue weighted by Crippen LogP contribution is -2.46. The molecule has 0 aliphatic carbocycles. The first-order chi connectivity index (χ1) is 13.3. The zero-order valence-electron chi connectivity index (χ0n) is 16.9. The van der Waals surface area contributed by atoms with Crippen molar-refractivity contribution in [3.05, 3.63) is 70.4 Å². The molecule has 3 amide bonds. The maximum atomic E-state index is 13.1. The second-order valence-electron chi connectivity index (χ2n) is 7.26. The number of hydrogen-bond donors (Lipinski definition) is 3. The monoisotopic (exact) mass is 378 g/mol. The topological polar surface area (TPSA) is 73.5 Å². The van der Waals surface area contributed by atoms with E-state index >= 15 is 0 Å². The Bertz CT molecular complexity index is 946. The largest absolute Gasteiger partial charge is 0.378 e. The molecule has 1 aliphatic rings. The molecule has 0 saturated heterocycles. The highest BCUT2D eigenvalue weighted by Gasteiger charge is 2.31. The Hall–Kier alpha value is -3.28. The van der Waals surface area contributed by atoms with Gasteiger partial charge < -0.3 is 20.9 Å². The first kappa shape index (κ1) is 19.5. The average molecular weight is 378 g/mol. The number of allylic oxidation sites excluding steroid dienone is 1. The van der Waals surface area contributed by atoms with Gasteiger partial charge in [0.05, 0.1) is 11.6 Å². The van der Waals surface area contributed by atoms with E-state index in [2.05, 4.69) is 16.0 Å². The molecule has 3 rings (SSSR count). The Kier molecular flexibility index (Phi) is 5.40. The average Bonchev–Trinajstić information content (AvgIpc) is 2.64. The van der Waals surface area contributed by atoms with E-state index in [1.807, 2.05) is 75.3 Å². The summed E-state index contributed by atoms with van der Waals surface area (Å²) >= 11 is 0. The number of amides is 3. The van der Waals surface area contributed by atoms with Crippen LogP contribution in [-0.4, -0.2) is 26.0 Å². The van der Waals surface area contributed by atoms with Gasteiger partial charge in [-0.15, -0.1) is 0 Å². The number of urea groups is 1. The smallest absolute Gasteiger partial charge is 0.319 e. The van der Waals surface area contributed by atoms with Crippen molar-refractivity contribution in [3.63, 3.8) is 0 Å². The van der Waals surface area contributed by atoms with Gasteiger partial charge in [-0.3, -0.25) is 4.79 Å². The number of nitrogens with zero attached hydrogens (tertiary/aromatic N) is 1. The summed E-state index contributed by atoms with van der Waals surface area (Å²) in [6.45, 7) is 5.73. The second kappa shape index (κ2) is 7.76. The van der Waals surface area contributed by atoms with E-state index in [0.29, 0.717) is 11.3 Å². The molecule has 3 N–H and O–H groups in total. The number of aryl methyl sites for hydroxylation is 1. The summed E-state index contributed by atoms with van der Waals surface area (Å²) in [6.07, 6.45) is 0. The summed E-state index contributed by atoms with van der Waals surface area (Å²) in [5, 5.41) is 8.58. The predicted molar refractivity (Wildman–Crippen MR) is 112 cm³/mol. The molecule has 1 atom stereocenters.